The van der Waals surface area contributed by atoms with Crippen LogP contribution in [0.15, 0.2) is 52.6 Å². The molecule has 4 nitrogen and oxygen atoms in total. The quantitative estimate of drug-likeness (QED) is 0.794. The van der Waals surface area contributed by atoms with Crippen molar-refractivity contribution in [3.05, 3.63) is 58.1 Å². The van der Waals surface area contributed by atoms with Crippen molar-refractivity contribution < 1.29 is 4.79 Å². The third-order valence-corrected chi connectivity index (χ3v) is 5.05. The summed E-state index contributed by atoms with van der Waals surface area (Å²) in [6.45, 7) is 10.6. The second-order valence-electron chi connectivity index (χ2n) is 6.41. The van der Waals surface area contributed by atoms with Crippen LogP contribution in [0, 0.1) is 0 Å². The van der Waals surface area contributed by atoms with Gasteiger partial charge in [0, 0.05) is 23.6 Å². The second-order valence-corrected chi connectivity index (χ2v) is 7.42. The molecule has 2 aliphatic rings. The molecule has 0 bridgehead atoms. The van der Waals surface area contributed by atoms with Gasteiger partial charge >= 0.3 is 0 Å². The van der Waals surface area contributed by atoms with E-state index in [1.165, 1.54) is 29.7 Å². The summed E-state index contributed by atoms with van der Waals surface area (Å²) in [5, 5.41) is 5.04. The number of amides is 1. The molecule has 0 unspecified atom stereocenters. The third-order valence-electron chi connectivity index (χ3n) is 4.12. The molecule has 1 amide bonds. The van der Waals surface area contributed by atoms with Crippen molar-refractivity contribution in [2.45, 2.75) is 52.5 Å². The predicted octanol–water partition coefficient (Wildman–Crippen LogP) is 4.98. The molecule has 0 radical (unpaired) electrons. The van der Waals surface area contributed by atoms with E-state index in [1.54, 1.807) is 29.4 Å². The van der Waals surface area contributed by atoms with E-state index in [4.69, 9.17) is 0 Å². The Morgan fingerprint density at radius 3 is 2.69 bits per heavy atom. The standard InChI is InChI=1S/C18H21N3OS.C3H8/c1-4-13-7-8-17(22)21(18(13)20-12(2)19-3)11-16-15(9-10-23-16)14-5-6-14;1-3-2/h4,7-10,14,19H,2,5-6,11H2,1,3H3;3H2,1-2H3/b13-4-,20-18+;. The van der Waals surface area contributed by atoms with Crippen LogP contribution in [0.25, 0.3) is 0 Å². The summed E-state index contributed by atoms with van der Waals surface area (Å²) in [6.07, 6.45) is 9.16. The monoisotopic (exact) mass is 371 g/mol. The first-order valence-electron chi connectivity index (χ1n) is 9.23. The van der Waals surface area contributed by atoms with Crippen molar-refractivity contribution in [1.82, 2.24) is 10.2 Å². The summed E-state index contributed by atoms with van der Waals surface area (Å²) in [6, 6.07) is 2.20. The van der Waals surface area contributed by atoms with Crippen molar-refractivity contribution in [1.29, 1.82) is 0 Å². The van der Waals surface area contributed by atoms with Gasteiger partial charge in [0.2, 0.25) is 0 Å². The minimum absolute atomic E-state index is 0.0339. The van der Waals surface area contributed by atoms with Crippen molar-refractivity contribution in [2.24, 2.45) is 4.99 Å². The van der Waals surface area contributed by atoms with Gasteiger partial charge in [-0.05, 0) is 48.8 Å². The highest BCUT2D eigenvalue weighted by Crippen LogP contribution is 2.43. The lowest BCUT2D eigenvalue weighted by Gasteiger charge is -2.27. The first-order chi connectivity index (χ1) is 12.5. The van der Waals surface area contributed by atoms with Crippen molar-refractivity contribution in [2.75, 3.05) is 7.05 Å². The van der Waals surface area contributed by atoms with E-state index in [2.05, 4.69) is 42.2 Å². The van der Waals surface area contributed by atoms with Crippen LogP contribution in [0.2, 0.25) is 0 Å². The van der Waals surface area contributed by atoms with Gasteiger partial charge < -0.3 is 5.32 Å². The summed E-state index contributed by atoms with van der Waals surface area (Å²) in [7, 11) is 1.77. The number of hydrogen-bond donors (Lipinski definition) is 1. The van der Waals surface area contributed by atoms with Crippen molar-refractivity contribution in [3.8, 4) is 0 Å². The summed E-state index contributed by atoms with van der Waals surface area (Å²) >= 11 is 1.72. The minimum Gasteiger partial charge on any atom is -0.374 e. The fraction of sp³-hybridized carbons (Fsp3) is 0.429. The predicted molar refractivity (Wildman–Crippen MR) is 111 cm³/mol. The zero-order valence-electron chi connectivity index (χ0n) is 16.2. The first-order valence-corrected chi connectivity index (χ1v) is 10.1. The molecular weight excluding hydrogens is 342 g/mol. The molecule has 0 saturated heterocycles. The molecule has 0 spiro atoms. The van der Waals surface area contributed by atoms with Gasteiger partial charge in [-0.1, -0.05) is 32.9 Å². The topological polar surface area (TPSA) is 44.7 Å². The van der Waals surface area contributed by atoms with Crippen LogP contribution >= 0.6 is 11.3 Å². The van der Waals surface area contributed by atoms with Crippen LogP contribution in [-0.2, 0) is 11.3 Å². The van der Waals surface area contributed by atoms with Crippen LogP contribution in [0.5, 0.6) is 0 Å². The highest BCUT2D eigenvalue weighted by Gasteiger charge is 2.30. The molecule has 0 aromatic carbocycles. The van der Waals surface area contributed by atoms with Gasteiger partial charge in [-0.15, -0.1) is 11.3 Å². The molecule has 2 heterocycles. The largest absolute Gasteiger partial charge is 0.374 e. The summed E-state index contributed by atoms with van der Waals surface area (Å²) < 4.78 is 0. The lowest BCUT2D eigenvalue weighted by atomic mass is 10.1. The van der Waals surface area contributed by atoms with Crippen LogP contribution in [-0.4, -0.2) is 23.7 Å². The molecule has 1 N–H and O–H groups in total. The number of aliphatic imine (C=N–C) groups is 1. The zero-order valence-corrected chi connectivity index (χ0v) is 17.0. The first kappa shape index (κ1) is 20.2. The summed E-state index contributed by atoms with van der Waals surface area (Å²) in [5.74, 6) is 1.85. The molecule has 1 aromatic rings. The van der Waals surface area contributed by atoms with Crippen LogP contribution in [0.4, 0.5) is 0 Å². The molecule has 3 rings (SSSR count). The Kier molecular flexibility index (Phi) is 7.39. The molecule has 0 atom stereocenters. The SMILES string of the molecule is C=C(/N=C1\C(=C/C)C=CC(=O)N1Cc1sccc1C1CC1)NC.CCC. The van der Waals surface area contributed by atoms with Crippen LogP contribution < -0.4 is 5.32 Å². The zero-order chi connectivity index (χ0) is 19.1. The Bertz CT molecular complexity index is 738. The number of nitrogens with zero attached hydrogens (tertiary/aromatic N) is 2. The van der Waals surface area contributed by atoms with E-state index in [1.807, 2.05) is 19.1 Å². The van der Waals surface area contributed by atoms with Crippen molar-refractivity contribution >= 4 is 23.1 Å². The van der Waals surface area contributed by atoms with Gasteiger partial charge in [0.05, 0.1) is 6.54 Å². The minimum atomic E-state index is -0.0339. The lowest BCUT2D eigenvalue weighted by Crippen LogP contribution is -2.39. The Morgan fingerprint density at radius 1 is 1.42 bits per heavy atom. The molecule has 5 heteroatoms. The Morgan fingerprint density at radius 2 is 2.12 bits per heavy atom. The van der Waals surface area contributed by atoms with Gasteiger partial charge in [0.15, 0.2) is 0 Å². The molecule has 140 valence electrons. The maximum Gasteiger partial charge on any atom is 0.252 e. The number of carbonyl (C=O) groups excluding carboxylic acids is 1. The van der Waals surface area contributed by atoms with Gasteiger partial charge in [0.1, 0.15) is 11.7 Å². The maximum absolute atomic E-state index is 12.4. The van der Waals surface area contributed by atoms with Gasteiger partial charge in [-0.3, -0.25) is 9.69 Å². The molecule has 1 saturated carbocycles. The Balaban J connectivity index is 0.000000758. The molecular formula is C21H29N3OS. The highest BCUT2D eigenvalue weighted by atomic mass is 32.1. The van der Waals surface area contributed by atoms with E-state index in [-0.39, 0.29) is 5.91 Å². The molecule has 1 aliphatic heterocycles. The van der Waals surface area contributed by atoms with Gasteiger partial charge in [-0.2, -0.15) is 0 Å². The lowest BCUT2D eigenvalue weighted by molar-refractivity contribution is -0.122. The van der Waals surface area contributed by atoms with Gasteiger partial charge in [0.25, 0.3) is 5.91 Å². The van der Waals surface area contributed by atoms with Crippen molar-refractivity contribution in [3.63, 3.8) is 0 Å². The molecule has 1 fully saturated rings. The van der Waals surface area contributed by atoms with Crippen LogP contribution in [0.3, 0.4) is 0 Å². The number of nitrogens with one attached hydrogen (secondary N) is 1. The second kappa shape index (κ2) is 9.53. The number of thiophene rings is 1. The average Bonchev–Trinajstić information content (AvgIpc) is 3.37. The number of allylic oxidation sites excluding steroid dienone is 1. The molecule has 1 aromatic heterocycles. The van der Waals surface area contributed by atoms with Crippen LogP contribution in [0.1, 0.15) is 56.4 Å². The number of amidine groups is 1. The fourth-order valence-corrected chi connectivity index (χ4v) is 3.61. The van der Waals surface area contributed by atoms with E-state index in [9.17, 15) is 4.79 Å². The summed E-state index contributed by atoms with van der Waals surface area (Å²) in [5.41, 5.74) is 2.33. The molecule has 1 aliphatic carbocycles. The smallest absolute Gasteiger partial charge is 0.252 e. The fourth-order valence-electron chi connectivity index (χ4n) is 2.65. The van der Waals surface area contributed by atoms with E-state index < -0.39 is 0 Å². The Hall–Kier alpha value is -2.14. The molecule has 26 heavy (non-hydrogen) atoms. The van der Waals surface area contributed by atoms with E-state index >= 15 is 0 Å². The normalized spacial score (nSPS) is 19.5. The highest BCUT2D eigenvalue weighted by molar-refractivity contribution is 7.10. The van der Waals surface area contributed by atoms with E-state index in [0.717, 1.165) is 5.57 Å². The Labute approximate surface area is 161 Å². The average molecular weight is 372 g/mol. The summed E-state index contributed by atoms with van der Waals surface area (Å²) in [4.78, 5) is 20.0. The maximum atomic E-state index is 12.4. The number of rotatable bonds is 5. The van der Waals surface area contributed by atoms with E-state index in [0.29, 0.717) is 24.1 Å². The number of carbonyl (C=O) groups is 1. The third kappa shape index (κ3) is 4.94. The van der Waals surface area contributed by atoms with Gasteiger partial charge in [-0.25, -0.2) is 4.99 Å². The number of hydrogen-bond acceptors (Lipinski definition) is 4.